The van der Waals surface area contributed by atoms with E-state index in [4.69, 9.17) is 4.74 Å². The van der Waals surface area contributed by atoms with E-state index in [1.807, 2.05) is 0 Å². The van der Waals surface area contributed by atoms with Crippen molar-refractivity contribution in [3.05, 3.63) is 5.82 Å². The molecule has 0 radical (unpaired) electrons. The number of nitrogens with one attached hydrogen (secondary N) is 1. The molecule has 2 heterocycles. The summed E-state index contributed by atoms with van der Waals surface area (Å²) in [6.45, 7) is 9.30. The summed E-state index contributed by atoms with van der Waals surface area (Å²) >= 11 is 1.36. The lowest BCUT2D eigenvalue weighted by Gasteiger charge is -2.21. The summed E-state index contributed by atoms with van der Waals surface area (Å²) in [6, 6.07) is 0. The van der Waals surface area contributed by atoms with Crippen LogP contribution in [-0.4, -0.2) is 29.1 Å². The van der Waals surface area contributed by atoms with Crippen molar-refractivity contribution in [2.45, 2.75) is 39.0 Å². The number of piperidine rings is 1. The van der Waals surface area contributed by atoms with Gasteiger partial charge >= 0.3 is 0 Å². The topological polar surface area (TPSA) is 47.0 Å². The fourth-order valence-corrected chi connectivity index (χ4v) is 2.56. The van der Waals surface area contributed by atoms with Gasteiger partial charge in [-0.15, -0.1) is 0 Å². The normalized spacial score (nSPS) is 21.5. The third-order valence-corrected chi connectivity index (χ3v) is 3.55. The summed E-state index contributed by atoms with van der Waals surface area (Å²) < 4.78 is 10.1. The van der Waals surface area contributed by atoms with Gasteiger partial charge in [0.25, 0.3) is 5.19 Å². The second kappa shape index (κ2) is 5.31. The van der Waals surface area contributed by atoms with Gasteiger partial charge in [-0.05, 0) is 19.4 Å². The highest BCUT2D eigenvalue weighted by Crippen LogP contribution is 2.24. The first-order valence-corrected chi connectivity index (χ1v) is 7.01. The van der Waals surface area contributed by atoms with Crippen LogP contribution in [0.1, 0.15) is 39.4 Å². The average Bonchev–Trinajstić information content (AvgIpc) is 2.76. The number of hydrogen-bond donors (Lipinski definition) is 1. The van der Waals surface area contributed by atoms with E-state index in [-0.39, 0.29) is 5.41 Å². The average molecular weight is 255 g/mol. The molecular weight excluding hydrogens is 234 g/mol. The van der Waals surface area contributed by atoms with Crippen LogP contribution in [0.3, 0.4) is 0 Å². The zero-order valence-electron chi connectivity index (χ0n) is 10.8. The molecule has 0 spiro atoms. The first-order chi connectivity index (χ1) is 8.05. The molecule has 2 rings (SSSR count). The number of hydrogen-bond acceptors (Lipinski definition) is 5. The van der Waals surface area contributed by atoms with Gasteiger partial charge in [0, 0.05) is 29.4 Å². The molecule has 0 aromatic carbocycles. The van der Waals surface area contributed by atoms with Crippen LogP contribution in [0.5, 0.6) is 5.19 Å². The van der Waals surface area contributed by atoms with Crippen molar-refractivity contribution in [2.75, 3.05) is 19.7 Å². The van der Waals surface area contributed by atoms with E-state index in [0.717, 1.165) is 25.5 Å². The summed E-state index contributed by atoms with van der Waals surface area (Å²) in [6.07, 6.45) is 2.50. The molecule has 0 saturated carbocycles. The maximum atomic E-state index is 5.73. The number of aromatic nitrogens is 2. The van der Waals surface area contributed by atoms with Crippen LogP contribution in [0.2, 0.25) is 0 Å². The minimum absolute atomic E-state index is 0.00447. The lowest BCUT2D eigenvalue weighted by molar-refractivity contribution is 0.217. The van der Waals surface area contributed by atoms with Gasteiger partial charge in [-0.1, -0.05) is 20.8 Å². The van der Waals surface area contributed by atoms with E-state index in [2.05, 4.69) is 35.4 Å². The third kappa shape index (κ3) is 3.64. The summed E-state index contributed by atoms with van der Waals surface area (Å²) in [5, 5.41) is 4.10. The monoisotopic (exact) mass is 255 g/mol. The Morgan fingerprint density at radius 2 is 2.29 bits per heavy atom. The van der Waals surface area contributed by atoms with E-state index in [1.54, 1.807) is 0 Å². The maximum Gasteiger partial charge on any atom is 0.293 e. The maximum absolute atomic E-state index is 5.73. The molecule has 5 heteroatoms. The molecule has 1 saturated heterocycles. The smallest absolute Gasteiger partial charge is 0.293 e. The quantitative estimate of drug-likeness (QED) is 0.899. The van der Waals surface area contributed by atoms with Gasteiger partial charge in [-0.25, -0.2) is 0 Å². The minimum Gasteiger partial charge on any atom is -0.469 e. The fraction of sp³-hybridized carbons (Fsp3) is 0.833. The molecule has 1 aliphatic heterocycles. The van der Waals surface area contributed by atoms with E-state index in [0.29, 0.717) is 11.1 Å². The van der Waals surface area contributed by atoms with Crippen molar-refractivity contribution in [1.29, 1.82) is 0 Å². The first-order valence-electron chi connectivity index (χ1n) is 6.23. The molecule has 4 nitrogen and oxygen atoms in total. The number of ether oxygens (including phenoxy) is 1. The Morgan fingerprint density at radius 3 is 2.88 bits per heavy atom. The number of rotatable bonds is 3. The van der Waals surface area contributed by atoms with Crippen LogP contribution in [0.15, 0.2) is 0 Å². The third-order valence-electron chi connectivity index (χ3n) is 2.92. The van der Waals surface area contributed by atoms with Gasteiger partial charge < -0.3 is 10.1 Å². The van der Waals surface area contributed by atoms with Crippen molar-refractivity contribution in [3.63, 3.8) is 0 Å². The molecule has 1 aliphatic rings. The van der Waals surface area contributed by atoms with Gasteiger partial charge in [0.2, 0.25) is 0 Å². The Bertz CT molecular complexity index is 353. The van der Waals surface area contributed by atoms with Crippen LogP contribution in [-0.2, 0) is 5.41 Å². The van der Waals surface area contributed by atoms with E-state index >= 15 is 0 Å². The Morgan fingerprint density at radius 1 is 1.47 bits per heavy atom. The lowest BCUT2D eigenvalue weighted by Crippen LogP contribution is -2.33. The van der Waals surface area contributed by atoms with Crippen molar-refractivity contribution in [1.82, 2.24) is 14.7 Å². The standard InChI is InChI=1S/C12H21N3OS/c1-12(2,3)10-14-11(17-15-10)16-8-9-5-4-6-13-7-9/h9,13H,4-8H2,1-3H3. The Hall–Kier alpha value is -0.680. The van der Waals surface area contributed by atoms with E-state index in [9.17, 15) is 0 Å². The Balaban J connectivity index is 1.84. The first kappa shape index (κ1) is 12.8. The summed E-state index contributed by atoms with van der Waals surface area (Å²) in [5.41, 5.74) is 0.00447. The fourth-order valence-electron chi connectivity index (χ4n) is 1.83. The minimum atomic E-state index is 0.00447. The highest BCUT2D eigenvalue weighted by Gasteiger charge is 2.21. The summed E-state index contributed by atoms with van der Waals surface area (Å²) in [4.78, 5) is 4.43. The molecule has 1 aromatic rings. The SMILES string of the molecule is CC(C)(C)c1nsc(OCC2CCCNC2)n1. The van der Waals surface area contributed by atoms with Gasteiger partial charge in [0.15, 0.2) is 5.82 Å². The van der Waals surface area contributed by atoms with Crippen molar-refractivity contribution in [3.8, 4) is 5.19 Å². The highest BCUT2D eigenvalue weighted by atomic mass is 32.1. The molecule has 0 bridgehead atoms. The van der Waals surface area contributed by atoms with Crippen LogP contribution >= 0.6 is 11.5 Å². The molecule has 0 amide bonds. The van der Waals surface area contributed by atoms with Crippen molar-refractivity contribution < 1.29 is 4.74 Å². The second-order valence-electron chi connectivity index (χ2n) is 5.66. The van der Waals surface area contributed by atoms with Crippen LogP contribution < -0.4 is 10.1 Å². The summed E-state index contributed by atoms with van der Waals surface area (Å²) in [7, 11) is 0. The molecule has 17 heavy (non-hydrogen) atoms. The lowest BCUT2D eigenvalue weighted by atomic mass is 9.96. The van der Waals surface area contributed by atoms with Crippen molar-refractivity contribution >= 4 is 11.5 Å². The predicted octanol–water partition coefficient (Wildman–Crippen LogP) is 2.21. The Kier molecular flexibility index (Phi) is 3.99. The molecular formula is C12H21N3OS. The molecule has 1 fully saturated rings. The zero-order chi connectivity index (χ0) is 12.3. The van der Waals surface area contributed by atoms with E-state index < -0.39 is 0 Å². The Labute approximate surface area is 107 Å². The zero-order valence-corrected chi connectivity index (χ0v) is 11.6. The molecule has 1 N–H and O–H groups in total. The largest absolute Gasteiger partial charge is 0.469 e. The second-order valence-corrected chi connectivity index (χ2v) is 6.37. The van der Waals surface area contributed by atoms with Crippen LogP contribution in [0, 0.1) is 5.92 Å². The summed E-state index contributed by atoms with van der Waals surface area (Å²) in [5.74, 6) is 1.49. The number of nitrogens with zero attached hydrogens (tertiary/aromatic N) is 2. The van der Waals surface area contributed by atoms with Gasteiger partial charge in [-0.3, -0.25) is 0 Å². The predicted molar refractivity (Wildman–Crippen MR) is 69.7 cm³/mol. The highest BCUT2D eigenvalue weighted by molar-refractivity contribution is 7.07. The van der Waals surface area contributed by atoms with Gasteiger partial charge in [-0.2, -0.15) is 9.36 Å². The van der Waals surface area contributed by atoms with Crippen LogP contribution in [0.4, 0.5) is 0 Å². The molecule has 1 atom stereocenters. The van der Waals surface area contributed by atoms with Crippen molar-refractivity contribution in [2.24, 2.45) is 5.92 Å². The van der Waals surface area contributed by atoms with Gasteiger partial charge in [0.1, 0.15) is 0 Å². The molecule has 96 valence electrons. The molecule has 1 aromatic heterocycles. The molecule has 0 aliphatic carbocycles. The molecule has 1 unspecified atom stereocenters. The van der Waals surface area contributed by atoms with Crippen LogP contribution in [0.25, 0.3) is 0 Å². The van der Waals surface area contributed by atoms with E-state index in [1.165, 1.54) is 24.4 Å². The van der Waals surface area contributed by atoms with Gasteiger partial charge in [0.05, 0.1) is 6.61 Å².